The molecule has 0 amide bonds. The van der Waals surface area contributed by atoms with E-state index in [0.29, 0.717) is 5.56 Å². The topological polar surface area (TPSA) is 57.5 Å². The van der Waals surface area contributed by atoms with Gasteiger partial charge in [-0.15, -0.1) is 0 Å². The molecule has 6 heteroatoms. The summed E-state index contributed by atoms with van der Waals surface area (Å²) < 4.78 is 37.5. The molecule has 2 unspecified atom stereocenters. The first kappa shape index (κ1) is 12.9. The maximum absolute atomic E-state index is 12.5. The second kappa shape index (κ2) is 4.28. The van der Waals surface area contributed by atoms with Gasteiger partial charge >= 0.3 is 12.1 Å². The monoisotopic (exact) mass is 260 g/mol. The molecule has 0 spiro atoms. The van der Waals surface area contributed by atoms with Gasteiger partial charge in [0.1, 0.15) is 0 Å². The van der Waals surface area contributed by atoms with Gasteiger partial charge in [-0.05, 0) is 36.1 Å². The van der Waals surface area contributed by atoms with Crippen molar-refractivity contribution in [1.29, 1.82) is 0 Å². The van der Waals surface area contributed by atoms with Crippen LogP contribution in [0.15, 0.2) is 18.2 Å². The molecule has 1 aromatic carbocycles. The summed E-state index contributed by atoms with van der Waals surface area (Å²) in [6.45, 7) is 0. The molecule has 0 heterocycles. The molecule has 18 heavy (non-hydrogen) atoms. The molecule has 0 saturated heterocycles. The number of benzene rings is 1. The molecule has 0 fully saturated rings. The highest BCUT2D eigenvalue weighted by Gasteiger charge is 2.36. The third kappa shape index (κ3) is 2.20. The Kier molecular flexibility index (Phi) is 3.06. The number of aliphatic hydroxyl groups excluding tert-OH is 1. The average molecular weight is 260 g/mol. The molecule has 0 aromatic heterocycles. The number of carboxylic acids is 1. The molecule has 1 aliphatic carbocycles. The molecule has 0 saturated carbocycles. The Hall–Kier alpha value is -1.56. The second-order valence-corrected chi connectivity index (χ2v) is 4.34. The molecule has 1 aliphatic rings. The zero-order valence-electron chi connectivity index (χ0n) is 9.24. The average Bonchev–Trinajstić information content (AvgIpc) is 2.27. The normalized spacial score (nSPS) is 23.6. The number of aryl methyl sites for hydroxylation is 1. The highest BCUT2D eigenvalue weighted by molar-refractivity contribution is 5.71. The van der Waals surface area contributed by atoms with Crippen LogP contribution in [0.5, 0.6) is 0 Å². The molecule has 3 nitrogen and oxygen atoms in total. The Morgan fingerprint density at radius 2 is 2.00 bits per heavy atom. The van der Waals surface area contributed by atoms with Crippen LogP contribution in [-0.2, 0) is 17.4 Å². The Bertz CT molecular complexity index is 482. The largest absolute Gasteiger partial charge is 0.481 e. The van der Waals surface area contributed by atoms with E-state index in [1.165, 1.54) is 0 Å². The molecule has 0 radical (unpaired) electrons. The maximum atomic E-state index is 12.5. The fraction of sp³-hybridized carbons (Fsp3) is 0.417. The minimum absolute atomic E-state index is 0.144. The number of hydrogen-bond donors (Lipinski definition) is 2. The van der Waals surface area contributed by atoms with Crippen LogP contribution in [0.2, 0.25) is 0 Å². The van der Waals surface area contributed by atoms with Crippen LogP contribution in [-0.4, -0.2) is 16.2 Å². The SMILES string of the molecule is O=C(O)C1CCc2cc(C(F)(F)F)ccc2C1O. The van der Waals surface area contributed by atoms with Crippen LogP contribution < -0.4 is 0 Å². The second-order valence-electron chi connectivity index (χ2n) is 4.34. The molecule has 2 atom stereocenters. The van der Waals surface area contributed by atoms with Crippen molar-refractivity contribution < 1.29 is 28.2 Å². The number of rotatable bonds is 1. The minimum Gasteiger partial charge on any atom is -0.481 e. The number of aliphatic hydroxyl groups is 1. The van der Waals surface area contributed by atoms with E-state index in [4.69, 9.17) is 5.11 Å². The van der Waals surface area contributed by atoms with Crippen molar-refractivity contribution in [2.45, 2.75) is 25.1 Å². The standard InChI is InChI=1S/C12H11F3O3/c13-12(14,15)7-2-4-8-6(5-7)1-3-9(10(8)16)11(17)18/h2,4-5,9-10,16H,1,3H2,(H,17,18). The fourth-order valence-electron chi connectivity index (χ4n) is 2.23. The summed E-state index contributed by atoms with van der Waals surface area (Å²) in [6, 6.07) is 3.01. The van der Waals surface area contributed by atoms with Gasteiger partial charge in [0.25, 0.3) is 0 Å². The van der Waals surface area contributed by atoms with E-state index in [-0.39, 0.29) is 18.4 Å². The number of carboxylic acid groups (broad SMARTS) is 1. The van der Waals surface area contributed by atoms with Gasteiger partial charge < -0.3 is 10.2 Å². The smallest absolute Gasteiger partial charge is 0.416 e. The minimum atomic E-state index is -4.43. The van der Waals surface area contributed by atoms with Crippen molar-refractivity contribution in [3.63, 3.8) is 0 Å². The summed E-state index contributed by atoms with van der Waals surface area (Å²) in [5, 5.41) is 18.7. The molecule has 2 N–H and O–H groups in total. The lowest BCUT2D eigenvalue weighted by Crippen LogP contribution is -2.27. The van der Waals surface area contributed by atoms with E-state index in [2.05, 4.69) is 0 Å². The zero-order valence-corrected chi connectivity index (χ0v) is 9.24. The Balaban J connectivity index is 2.38. The third-order valence-electron chi connectivity index (χ3n) is 3.21. The van der Waals surface area contributed by atoms with Crippen LogP contribution in [0.25, 0.3) is 0 Å². The first-order chi connectivity index (χ1) is 8.30. The van der Waals surface area contributed by atoms with Crippen LogP contribution in [0.4, 0.5) is 13.2 Å². The number of fused-ring (bicyclic) bond motifs is 1. The number of alkyl halides is 3. The van der Waals surface area contributed by atoms with Crippen molar-refractivity contribution >= 4 is 5.97 Å². The van der Waals surface area contributed by atoms with Gasteiger partial charge in [-0.25, -0.2) is 0 Å². The van der Waals surface area contributed by atoms with Crippen molar-refractivity contribution in [3.8, 4) is 0 Å². The van der Waals surface area contributed by atoms with E-state index in [1.54, 1.807) is 0 Å². The summed E-state index contributed by atoms with van der Waals surface area (Å²) in [5.41, 5.74) is -0.126. The van der Waals surface area contributed by atoms with Crippen molar-refractivity contribution in [2.24, 2.45) is 5.92 Å². The van der Waals surface area contributed by atoms with Gasteiger partial charge in [0, 0.05) is 0 Å². The van der Waals surface area contributed by atoms with Crippen molar-refractivity contribution in [3.05, 3.63) is 34.9 Å². The number of aliphatic carboxylic acids is 1. The summed E-state index contributed by atoms with van der Waals surface area (Å²) >= 11 is 0. The molecule has 0 bridgehead atoms. The zero-order chi connectivity index (χ0) is 13.5. The molecule has 1 aromatic rings. The molecular formula is C12H11F3O3. The van der Waals surface area contributed by atoms with Gasteiger partial charge in [0.15, 0.2) is 0 Å². The molecule has 98 valence electrons. The van der Waals surface area contributed by atoms with Crippen molar-refractivity contribution in [2.75, 3.05) is 0 Å². The predicted octanol–water partition coefficient (Wildman–Crippen LogP) is 2.39. The molecule has 2 rings (SSSR count). The summed E-state index contributed by atoms with van der Waals surface area (Å²) in [7, 11) is 0. The van der Waals surface area contributed by atoms with E-state index < -0.39 is 29.7 Å². The third-order valence-corrected chi connectivity index (χ3v) is 3.21. The maximum Gasteiger partial charge on any atom is 0.416 e. The number of hydrogen-bond acceptors (Lipinski definition) is 2. The lowest BCUT2D eigenvalue weighted by atomic mass is 9.81. The lowest BCUT2D eigenvalue weighted by Gasteiger charge is -2.27. The van der Waals surface area contributed by atoms with Gasteiger partial charge in [0.2, 0.25) is 0 Å². The summed E-state index contributed by atoms with van der Waals surface area (Å²) in [4.78, 5) is 10.9. The van der Waals surface area contributed by atoms with E-state index in [0.717, 1.165) is 18.2 Å². The summed E-state index contributed by atoms with van der Waals surface area (Å²) in [6.07, 6.45) is -5.30. The van der Waals surface area contributed by atoms with E-state index in [1.807, 2.05) is 0 Å². The Labute approximate surface area is 101 Å². The highest BCUT2D eigenvalue weighted by Crippen LogP contribution is 2.38. The Morgan fingerprint density at radius 3 is 2.56 bits per heavy atom. The lowest BCUT2D eigenvalue weighted by molar-refractivity contribution is -0.147. The molecule has 0 aliphatic heterocycles. The van der Waals surface area contributed by atoms with Gasteiger partial charge in [0.05, 0.1) is 17.6 Å². The van der Waals surface area contributed by atoms with Gasteiger partial charge in [-0.3, -0.25) is 4.79 Å². The highest BCUT2D eigenvalue weighted by atomic mass is 19.4. The number of carbonyl (C=O) groups is 1. The van der Waals surface area contributed by atoms with Crippen LogP contribution in [0, 0.1) is 5.92 Å². The fourth-order valence-corrected chi connectivity index (χ4v) is 2.23. The van der Waals surface area contributed by atoms with E-state index in [9.17, 15) is 23.1 Å². The van der Waals surface area contributed by atoms with Crippen LogP contribution in [0.3, 0.4) is 0 Å². The van der Waals surface area contributed by atoms with Crippen LogP contribution in [0.1, 0.15) is 29.2 Å². The van der Waals surface area contributed by atoms with E-state index >= 15 is 0 Å². The summed E-state index contributed by atoms with van der Waals surface area (Å²) in [5.74, 6) is -2.08. The quantitative estimate of drug-likeness (QED) is 0.815. The van der Waals surface area contributed by atoms with Gasteiger partial charge in [-0.2, -0.15) is 13.2 Å². The number of halogens is 3. The first-order valence-electron chi connectivity index (χ1n) is 5.41. The van der Waals surface area contributed by atoms with Gasteiger partial charge in [-0.1, -0.05) is 6.07 Å². The Morgan fingerprint density at radius 1 is 1.33 bits per heavy atom. The van der Waals surface area contributed by atoms with Crippen molar-refractivity contribution in [1.82, 2.24) is 0 Å². The first-order valence-corrected chi connectivity index (χ1v) is 5.41. The van der Waals surface area contributed by atoms with Crippen LogP contribution >= 0.6 is 0 Å². The molecular weight excluding hydrogens is 249 g/mol. The predicted molar refractivity (Wildman–Crippen MR) is 55.9 cm³/mol.